The number of hydrogen-bond acceptors (Lipinski definition) is 6. The predicted molar refractivity (Wildman–Crippen MR) is 87.8 cm³/mol. The van der Waals surface area contributed by atoms with E-state index < -0.39 is 11.6 Å². The fourth-order valence-electron chi connectivity index (χ4n) is 1.94. The number of benzene rings is 1. The molecule has 1 aromatic heterocycles. The number of carbonyl (C=O) groups is 1. The van der Waals surface area contributed by atoms with E-state index in [0.717, 1.165) is 18.2 Å². The van der Waals surface area contributed by atoms with Gasteiger partial charge in [-0.3, -0.25) is 4.79 Å². The van der Waals surface area contributed by atoms with Crippen molar-refractivity contribution in [3.8, 4) is 5.75 Å². The topological polar surface area (TPSA) is 94.6 Å². The lowest BCUT2D eigenvalue weighted by molar-refractivity contribution is -0.131. The predicted octanol–water partition coefficient (Wildman–Crippen LogP) is 2.29. The summed E-state index contributed by atoms with van der Waals surface area (Å²) in [6.45, 7) is 2.61. The normalized spacial score (nSPS) is 10.1. The van der Waals surface area contributed by atoms with Gasteiger partial charge in [-0.15, -0.1) is 12.4 Å². The molecule has 120 valence electrons. The van der Waals surface area contributed by atoms with Crippen molar-refractivity contribution in [2.75, 3.05) is 18.4 Å². The van der Waals surface area contributed by atoms with Gasteiger partial charge >= 0.3 is 11.6 Å². The van der Waals surface area contributed by atoms with Crippen molar-refractivity contribution in [2.24, 2.45) is 5.73 Å². The van der Waals surface area contributed by atoms with E-state index in [2.05, 4.69) is 5.32 Å². The average Bonchev–Trinajstić information content (AvgIpc) is 2.43. The highest BCUT2D eigenvalue weighted by Gasteiger charge is 2.07. The molecule has 0 aliphatic rings. The van der Waals surface area contributed by atoms with Gasteiger partial charge in [0.05, 0.1) is 0 Å². The van der Waals surface area contributed by atoms with Gasteiger partial charge in [0.15, 0.2) is 0 Å². The van der Waals surface area contributed by atoms with Gasteiger partial charge in [0.2, 0.25) is 0 Å². The first-order valence-corrected chi connectivity index (χ1v) is 6.80. The second-order valence-corrected chi connectivity index (χ2v) is 4.66. The maximum atomic E-state index is 11.9. The molecule has 0 radical (unpaired) electrons. The van der Waals surface area contributed by atoms with E-state index in [0.29, 0.717) is 30.1 Å². The van der Waals surface area contributed by atoms with Gasteiger partial charge in [0.25, 0.3) is 0 Å². The number of anilines is 1. The molecule has 0 saturated carbocycles. The summed E-state index contributed by atoms with van der Waals surface area (Å²) >= 11 is 0. The fourth-order valence-corrected chi connectivity index (χ4v) is 1.94. The standard InChI is InChI=1S/C15H18N2O4.ClH/c1-10(18)20-12-5-4-11-8-13(17-7-3-2-6-16)15(19)21-14(11)9-12;/h4-5,8-9,17H,2-3,6-7,16H2,1H3;1H. The summed E-state index contributed by atoms with van der Waals surface area (Å²) in [5.41, 5.74) is 5.77. The van der Waals surface area contributed by atoms with Crippen LogP contribution in [-0.4, -0.2) is 19.1 Å². The first-order valence-electron chi connectivity index (χ1n) is 6.80. The summed E-state index contributed by atoms with van der Waals surface area (Å²) in [6.07, 6.45) is 1.79. The minimum absolute atomic E-state index is 0. The van der Waals surface area contributed by atoms with Crippen LogP contribution in [0.2, 0.25) is 0 Å². The summed E-state index contributed by atoms with van der Waals surface area (Å²) < 4.78 is 10.2. The number of halogens is 1. The first kappa shape index (κ1) is 18.0. The van der Waals surface area contributed by atoms with Crippen LogP contribution in [0.25, 0.3) is 11.0 Å². The Labute approximate surface area is 134 Å². The van der Waals surface area contributed by atoms with Crippen molar-refractivity contribution < 1.29 is 13.9 Å². The number of rotatable bonds is 6. The smallest absolute Gasteiger partial charge is 0.359 e. The Bertz CT molecular complexity index is 699. The lowest BCUT2D eigenvalue weighted by Gasteiger charge is -2.06. The number of fused-ring (bicyclic) bond motifs is 1. The van der Waals surface area contributed by atoms with Gasteiger partial charge in [-0.25, -0.2) is 4.79 Å². The Morgan fingerprint density at radius 1 is 1.32 bits per heavy atom. The maximum absolute atomic E-state index is 11.9. The fraction of sp³-hybridized carbons (Fsp3) is 0.333. The van der Waals surface area contributed by atoms with Crippen LogP contribution in [0.1, 0.15) is 19.8 Å². The molecule has 0 bridgehead atoms. The zero-order valence-corrected chi connectivity index (χ0v) is 13.1. The van der Waals surface area contributed by atoms with Gasteiger partial charge in [0, 0.05) is 24.9 Å². The molecule has 6 nitrogen and oxygen atoms in total. The van der Waals surface area contributed by atoms with E-state index in [4.69, 9.17) is 14.9 Å². The third-order valence-electron chi connectivity index (χ3n) is 2.92. The van der Waals surface area contributed by atoms with Crippen molar-refractivity contribution in [2.45, 2.75) is 19.8 Å². The average molecular weight is 327 g/mol. The van der Waals surface area contributed by atoms with Crippen LogP contribution < -0.4 is 21.4 Å². The molecule has 2 rings (SSSR count). The third kappa shape index (κ3) is 4.75. The van der Waals surface area contributed by atoms with Crippen LogP contribution >= 0.6 is 12.4 Å². The zero-order valence-electron chi connectivity index (χ0n) is 12.3. The minimum Gasteiger partial charge on any atom is -0.427 e. The summed E-state index contributed by atoms with van der Waals surface area (Å²) in [7, 11) is 0. The van der Waals surface area contributed by atoms with E-state index in [9.17, 15) is 9.59 Å². The van der Waals surface area contributed by atoms with Crippen molar-refractivity contribution in [1.82, 2.24) is 0 Å². The molecular formula is C15H19ClN2O4. The SMILES string of the molecule is CC(=O)Oc1ccc2cc(NCCCCN)c(=O)oc2c1.Cl. The Morgan fingerprint density at radius 3 is 2.77 bits per heavy atom. The molecule has 0 amide bonds. The van der Waals surface area contributed by atoms with Crippen molar-refractivity contribution in [3.05, 3.63) is 34.7 Å². The molecule has 0 spiro atoms. The maximum Gasteiger partial charge on any atom is 0.359 e. The third-order valence-corrected chi connectivity index (χ3v) is 2.92. The highest BCUT2D eigenvalue weighted by atomic mass is 35.5. The van der Waals surface area contributed by atoms with Crippen molar-refractivity contribution in [3.63, 3.8) is 0 Å². The van der Waals surface area contributed by atoms with Crippen LogP contribution in [0.4, 0.5) is 5.69 Å². The highest BCUT2D eigenvalue weighted by Crippen LogP contribution is 2.21. The Kier molecular flexibility index (Phi) is 6.88. The van der Waals surface area contributed by atoms with Gasteiger partial charge in [-0.05, 0) is 37.6 Å². The zero-order chi connectivity index (χ0) is 15.2. The van der Waals surface area contributed by atoms with Gasteiger partial charge in [-0.2, -0.15) is 0 Å². The quantitative estimate of drug-likeness (QED) is 0.366. The number of unbranched alkanes of at least 4 members (excludes halogenated alkanes) is 1. The van der Waals surface area contributed by atoms with Crippen LogP contribution in [0.3, 0.4) is 0 Å². The van der Waals surface area contributed by atoms with Crippen molar-refractivity contribution >= 4 is 35.0 Å². The van der Waals surface area contributed by atoms with Gasteiger partial charge in [0.1, 0.15) is 17.0 Å². The molecule has 0 saturated heterocycles. The number of nitrogens with two attached hydrogens (primary N) is 1. The van der Waals surface area contributed by atoms with Gasteiger partial charge in [-0.1, -0.05) is 0 Å². The van der Waals surface area contributed by atoms with E-state index >= 15 is 0 Å². The lowest BCUT2D eigenvalue weighted by Crippen LogP contribution is -2.12. The summed E-state index contributed by atoms with van der Waals surface area (Å²) in [6, 6.07) is 6.64. The molecule has 22 heavy (non-hydrogen) atoms. The van der Waals surface area contributed by atoms with E-state index in [1.807, 2.05) is 0 Å². The molecule has 3 N–H and O–H groups in total. The number of ether oxygens (including phenoxy) is 1. The highest BCUT2D eigenvalue weighted by molar-refractivity contribution is 5.85. The molecular weight excluding hydrogens is 308 g/mol. The first-order chi connectivity index (χ1) is 10.1. The molecule has 0 atom stereocenters. The largest absolute Gasteiger partial charge is 0.427 e. The van der Waals surface area contributed by atoms with E-state index in [1.54, 1.807) is 18.2 Å². The second kappa shape index (κ2) is 8.41. The van der Waals surface area contributed by atoms with Crippen molar-refractivity contribution in [1.29, 1.82) is 0 Å². The lowest BCUT2D eigenvalue weighted by atomic mass is 10.2. The van der Waals surface area contributed by atoms with Crippen LogP contribution in [0.15, 0.2) is 33.5 Å². The van der Waals surface area contributed by atoms with Crippen LogP contribution in [-0.2, 0) is 4.79 Å². The monoisotopic (exact) mass is 326 g/mol. The molecule has 0 fully saturated rings. The summed E-state index contributed by atoms with van der Waals surface area (Å²) in [5, 5.41) is 3.80. The molecule has 7 heteroatoms. The van der Waals surface area contributed by atoms with Crippen LogP contribution in [0.5, 0.6) is 5.75 Å². The number of nitrogens with one attached hydrogen (secondary N) is 1. The van der Waals surface area contributed by atoms with Gasteiger partial charge < -0.3 is 20.2 Å². The summed E-state index contributed by atoms with van der Waals surface area (Å²) in [4.78, 5) is 22.8. The van der Waals surface area contributed by atoms with E-state index in [-0.39, 0.29) is 12.4 Å². The minimum atomic E-state index is -0.449. The molecule has 1 heterocycles. The molecule has 0 aliphatic heterocycles. The Balaban J connectivity index is 0.00000242. The van der Waals surface area contributed by atoms with E-state index in [1.165, 1.54) is 13.0 Å². The Hall–Kier alpha value is -2.05. The molecule has 0 aliphatic carbocycles. The number of esters is 1. The molecule has 1 aromatic carbocycles. The molecule has 2 aromatic rings. The molecule has 0 unspecified atom stereocenters. The number of hydrogen-bond donors (Lipinski definition) is 2. The van der Waals surface area contributed by atoms with Crippen LogP contribution in [0, 0.1) is 0 Å². The summed E-state index contributed by atoms with van der Waals surface area (Å²) in [5.74, 6) is -0.0725. The number of carbonyl (C=O) groups excluding carboxylic acids is 1. The second-order valence-electron chi connectivity index (χ2n) is 4.66. The Morgan fingerprint density at radius 2 is 2.09 bits per heavy atom.